The van der Waals surface area contributed by atoms with E-state index in [-0.39, 0.29) is 26.5 Å². The molecular weight excluding hydrogens is 384 g/mol. The maximum absolute atomic E-state index is 12.9. The van der Waals surface area contributed by atoms with E-state index in [4.69, 9.17) is 9.47 Å². The Labute approximate surface area is 162 Å². The Morgan fingerprint density at radius 1 is 0.964 bits per heavy atom. The van der Waals surface area contributed by atoms with Crippen LogP contribution in [0.2, 0.25) is 0 Å². The summed E-state index contributed by atoms with van der Waals surface area (Å²) in [6.45, 7) is 4.42. The third-order valence-electron chi connectivity index (χ3n) is 3.91. The van der Waals surface area contributed by atoms with Crippen LogP contribution >= 0.6 is 0 Å². The number of carbonyl (C=O) groups excluding carboxylic acids is 3. The summed E-state index contributed by atoms with van der Waals surface area (Å²) in [6.07, 6.45) is 0. The van der Waals surface area contributed by atoms with Crippen molar-refractivity contribution in [3.05, 3.63) is 59.2 Å². The Morgan fingerprint density at radius 2 is 1.61 bits per heavy atom. The van der Waals surface area contributed by atoms with Crippen molar-refractivity contribution in [2.75, 3.05) is 6.61 Å². The molecule has 7 nitrogen and oxygen atoms in total. The van der Waals surface area contributed by atoms with Crippen LogP contribution in [0.4, 0.5) is 0 Å². The molecule has 2 aromatic rings. The molecule has 8 heteroatoms. The fourth-order valence-electron chi connectivity index (χ4n) is 2.79. The standard InChI is InChI=1S/C20H18O7S/c1-20(2,3)27-17(21)11-26-19(23)12-8-9-14-16(10-12)28(24,25)15-7-5-4-6-13(15)18(14)22/h4-10H,11H2,1-3H3. The summed E-state index contributed by atoms with van der Waals surface area (Å²) in [5.74, 6) is -2.06. The number of hydrogen-bond donors (Lipinski definition) is 0. The van der Waals surface area contributed by atoms with Gasteiger partial charge in [-0.15, -0.1) is 0 Å². The second kappa shape index (κ2) is 6.87. The largest absolute Gasteiger partial charge is 0.457 e. The SMILES string of the molecule is CC(C)(C)OC(=O)COC(=O)c1ccc2c(c1)S(=O)(=O)c1ccccc1C2=O. The first-order valence-electron chi connectivity index (χ1n) is 8.42. The number of ketones is 1. The van der Waals surface area contributed by atoms with E-state index < -0.39 is 39.8 Å². The second-order valence-electron chi connectivity index (χ2n) is 7.20. The molecule has 0 bridgehead atoms. The average Bonchev–Trinajstić information content (AvgIpc) is 2.63. The second-order valence-corrected chi connectivity index (χ2v) is 9.09. The van der Waals surface area contributed by atoms with Gasteiger partial charge < -0.3 is 9.47 Å². The summed E-state index contributed by atoms with van der Waals surface area (Å²) in [5, 5.41) is 0. The molecule has 3 rings (SSSR count). The quantitative estimate of drug-likeness (QED) is 0.620. The molecule has 28 heavy (non-hydrogen) atoms. The van der Waals surface area contributed by atoms with Crippen LogP contribution in [0.5, 0.6) is 0 Å². The summed E-state index contributed by atoms with van der Waals surface area (Å²) in [7, 11) is -3.97. The summed E-state index contributed by atoms with van der Waals surface area (Å²) in [6, 6.07) is 9.55. The molecule has 1 aliphatic rings. The summed E-state index contributed by atoms with van der Waals surface area (Å²) in [5.41, 5.74) is -0.729. The third kappa shape index (κ3) is 3.68. The van der Waals surface area contributed by atoms with Gasteiger partial charge >= 0.3 is 11.9 Å². The zero-order valence-electron chi connectivity index (χ0n) is 15.5. The zero-order chi connectivity index (χ0) is 20.7. The van der Waals surface area contributed by atoms with Crippen LogP contribution < -0.4 is 0 Å². The highest BCUT2D eigenvalue weighted by molar-refractivity contribution is 7.91. The van der Waals surface area contributed by atoms with Gasteiger partial charge in [0.25, 0.3) is 0 Å². The Balaban J connectivity index is 1.88. The lowest BCUT2D eigenvalue weighted by Gasteiger charge is -2.20. The zero-order valence-corrected chi connectivity index (χ0v) is 16.3. The molecule has 0 unspecified atom stereocenters. The molecule has 0 spiro atoms. The van der Waals surface area contributed by atoms with Gasteiger partial charge in [-0.3, -0.25) is 4.79 Å². The van der Waals surface area contributed by atoms with Crippen LogP contribution in [0.15, 0.2) is 52.3 Å². The van der Waals surface area contributed by atoms with Gasteiger partial charge in [0, 0.05) is 11.1 Å². The lowest BCUT2D eigenvalue weighted by molar-refractivity contribution is -0.158. The number of hydrogen-bond acceptors (Lipinski definition) is 7. The van der Waals surface area contributed by atoms with Gasteiger partial charge in [0.2, 0.25) is 9.84 Å². The number of fused-ring (bicyclic) bond motifs is 2. The van der Waals surface area contributed by atoms with Gasteiger partial charge in [-0.05, 0) is 51.1 Å². The Morgan fingerprint density at radius 3 is 2.29 bits per heavy atom. The van der Waals surface area contributed by atoms with E-state index in [0.29, 0.717) is 0 Å². The number of benzene rings is 2. The highest BCUT2D eigenvalue weighted by Crippen LogP contribution is 2.34. The van der Waals surface area contributed by atoms with Gasteiger partial charge in [-0.25, -0.2) is 18.0 Å². The lowest BCUT2D eigenvalue weighted by Crippen LogP contribution is -2.27. The van der Waals surface area contributed by atoms with Gasteiger partial charge in [0.1, 0.15) is 5.60 Å². The number of esters is 2. The molecule has 0 amide bonds. The molecule has 0 saturated heterocycles. The van der Waals surface area contributed by atoms with E-state index in [1.54, 1.807) is 26.8 Å². The van der Waals surface area contributed by atoms with E-state index in [0.717, 1.165) is 6.07 Å². The number of rotatable bonds is 3. The number of ether oxygens (including phenoxy) is 2. The van der Waals surface area contributed by atoms with Gasteiger partial charge in [-0.1, -0.05) is 12.1 Å². The molecule has 0 saturated carbocycles. The number of sulfone groups is 1. The molecular formula is C20H18O7S. The van der Waals surface area contributed by atoms with Gasteiger partial charge in [-0.2, -0.15) is 0 Å². The molecule has 1 heterocycles. The number of carbonyl (C=O) groups is 3. The van der Waals surface area contributed by atoms with Crippen LogP contribution in [-0.2, 0) is 24.1 Å². The fourth-order valence-corrected chi connectivity index (χ4v) is 4.47. The van der Waals surface area contributed by atoms with E-state index in [2.05, 4.69) is 0 Å². The summed E-state index contributed by atoms with van der Waals surface area (Å²) < 4.78 is 35.7. The van der Waals surface area contributed by atoms with Crippen molar-refractivity contribution in [1.82, 2.24) is 0 Å². The monoisotopic (exact) mass is 402 g/mol. The minimum Gasteiger partial charge on any atom is -0.457 e. The summed E-state index contributed by atoms with van der Waals surface area (Å²) in [4.78, 5) is 36.1. The molecule has 2 aromatic carbocycles. The third-order valence-corrected chi connectivity index (χ3v) is 5.77. The van der Waals surface area contributed by atoms with Crippen molar-refractivity contribution in [2.24, 2.45) is 0 Å². The predicted octanol–water partition coefficient (Wildman–Crippen LogP) is 2.56. The first-order chi connectivity index (χ1) is 13.0. The van der Waals surface area contributed by atoms with Gasteiger partial charge in [0.15, 0.2) is 12.4 Å². The van der Waals surface area contributed by atoms with Crippen molar-refractivity contribution in [3.63, 3.8) is 0 Å². The Hall–Kier alpha value is -3.00. The first kappa shape index (κ1) is 19.8. The molecule has 0 aliphatic carbocycles. The van der Waals surface area contributed by atoms with Crippen molar-refractivity contribution in [1.29, 1.82) is 0 Å². The molecule has 0 N–H and O–H groups in total. The van der Waals surface area contributed by atoms with E-state index >= 15 is 0 Å². The van der Waals surface area contributed by atoms with Crippen molar-refractivity contribution in [3.8, 4) is 0 Å². The average molecular weight is 402 g/mol. The minimum atomic E-state index is -3.97. The van der Waals surface area contributed by atoms with Crippen LogP contribution in [-0.4, -0.2) is 38.3 Å². The topological polar surface area (TPSA) is 104 Å². The van der Waals surface area contributed by atoms with E-state index in [9.17, 15) is 22.8 Å². The minimum absolute atomic E-state index is 0.0117. The Bertz CT molecular complexity index is 1090. The summed E-state index contributed by atoms with van der Waals surface area (Å²) >= 11 is 0. The maximum Gasteiger partial charge on any atom is 0.344 e. The van der Waals surface area contributed by atoms with Crippen molar-refractivity contribution in [2.45, 2.75) is 36.2 Å². The fraction of sp³-hybridized carbons (Fsp3) is 0.250. The molecule has 146 valence electrons. The highest BCUT2D eigenvalue weighted by atomic mass is 32.2. The first-order valence-corrected chi connectivity index (χ1v) is 9.91. The normalized spacial score (nSPS) is 14.6. The predicted molar refractivity (Wildman–Crippen MR) is 97.9 cm³/mol. The lowest BCUT2D eigenvalue weighted by atomic mass is 10.0. The van der Waals surface area contributed by atoms with Crippen LogP contribution in [0.25, 0.3) is 0 Å². The van der Waals surface area contributed by atoms with Crippen molar-refractivity contribution < 1.29 is 32.3 Å². The molecule has 0 aromatic heterocycles. The van der Waals surface area contributed by atoms with Crippen LogP contribution in [0.1, 0.15) is 47.1 Å². The smallest absolute Gasteiger partial charge is 0.344 e. The van der Waals surface area contributed by atoms with E-state index in [1.807, 2.05) is 0 Å². The van der Waals surface area contributed by atoms with Crippen LogP contribution in [0, 0.1) is 0 Å². The highest BCUT2D eigenvalue weighted by Gasteiger charge is 2.35. The molecule has 1 aliphatic heterocycles. The maximum atomic E-state index is 12.9. The molecule has 0 fully saturated rings. The Kier molecular flexibility index (Phi) is 4.84. The van der Waals surface area contributed by atoms with Gasteiger partial charge in [0.05, 0.1) is 15.4 Å². The molecule has 0 atom stereocenters. The van der Waals surface area contributed by atoms with Crippen LogP contribution in [0.3, 0.4) is 0 Å². The van der Waals surface area contributed by atoms with Crippen molar-refractivity contribution >= 4 is 27.6 Å². The van der Waals surface area contributed by atoms with E-state index in [1.165, 1.54) is 30.3 Å². The molecule has 0 radical (unpaired) electrons.